The molecule has 0 unspecified atom stereocenters. The van der Waals surface area contributed by atoms with E-state index in [0.717, 1.165) is 11.4 Å². The number of ketones is 1. The number of nitrogens with one attached hydrogen (secondary N) is 1. The third-order valence-electron chi connectivity index (χ3n) is 6.68. The molecule has 0 saturated heterocycles. The first kappa shape index (κ1) is 24.4. The van der Waals surface area contributed by atoms with E-state index in [1.807, 2.05) is 42.5 Å². The number of ether oxygens (including phenoxy) is 1. The highest BCUT2D eigenvalue weighted by molar-refractivity contribution is 6.35. The van der Waals surface area contributed by atoms with Crippen LogP contribution in [0.1, 0.15) is 48.7 Å². The number of benzene rings is 3. The van der Waals surface area contributed by atoms with Crippen LogP contribution >= 0.6 is 23.2 Å². The fourth-order valence-corrected chi connectivity index (χ4v) is 5.81. The normalized spacial score (nSPS) is 18.6. The van der Waals surface area contributed by atoms with Gasteiger partial charge in [0.15, 0.2) is 5.78 Å². The lowest BCUT2D eigenvalue weighted by Gasteiger charge is -2.37. The predicted octanol–water partition coefficient (Wildman–Crippen LogP) is 7.46. The number of nitrogens with zero attached hydrogens (tertiary/aromatic N) is 1. The maximum Gasteiger partial charge on any atom is 0.259 e. The summed E-state index contributed by atoms with van der Waals surface area (Å²) in [7, 11) is 1.52. The molecular formula is C29H26Cl2N2O3. The van der Waals surface area contributed by atoms with Crippen LogP contribution in [0.5, 0.6) is 5.75 Å². The molecule has 1 amide bonds. The van der Waals surface area contributed by atoms with Gasteiger partial charge in [-0.15, -0.1) is 0 Å². The van der Waals surface area contributed by atoms with Crippen molar-refractivity contribution in [3.05, 3.63) is 99.2 Å². The second-order valence-corrected chi connectivity index (χ2v) is 10.8. The van der Waals surface area contributed by atoms with Crippen molar-refractivity contribution in [3.8, 4) is 5.75 Å². The van der Waals surface area contributed by atoms with Gasteiger partial charge < -0.3 is 10.1 Å². The lowest BCUT2D eigenvalue weighted by Crippen LogP contribution is -2.39. The summed E-state index contributed by atoms with van der Waals surface area (Å²) >= 11 is 13.0. The smallest absolute Gasteiger partial charge is 0.259 e. The van der Waals surface area contributed by atoms with Crippen LogP contribution in [0.15, 0.2) is 78.0 Å². The number of Topliss-reactive ketones (excluding diaryl/α,β-unsaturated/α-hetero) is 1. The molecule has 1 N–H and O–H groups in total. The first-order valence-electron chi connectivity index (χ1n) is 11.7. The third kappa shape index (κ3) is 4.27. The van der Waals surface area contributed by atoms with E-state index in [4.69, 9.17) is 27.9 Å². The summed E-state index contributed by atoms with van der Waals surface area (Å²) in [4.78, 5) is 29.8. The Morgan fingerprint density at radius 3 is 2.44 bits per heavy atom. The number of para-hydroxylation sites is 2. The Morgan fingerprint density at radius 1 is 1.03 bits per heavy atom. The molecule has 184 valence electrons. The van der Waals surface area contributed by atoms with Crippen LogP contribution in [0.3, 0.4) is 0 Å². The van der Waals surface area contributed by atoms with E-state index in [1.54, 1.807) is 29.2 Å². The number of rotatable bonds is 3. The summed E-state index contributed by atoms with van der Waals surface area (Å²) < 4.78 is 5.72. The largest absolute Gasteiger partial charge is 0.495 e. The molecule has 1 heterocycles. The molecule has 1 atom stereocenters. The average molecular weight is 521 g/mol. The van der Waals surface area contributed by atoms with Crippen molar-refractivity contribution in [2.75, 3.05) is 17.3 Å². The Kier molecular flexibility index (Phi) is 6.31. The number of allylic oxidation sites excluding steroid dienone is 1. The second kappa shape index (κ2) is 9.30. The minimum atomic E-state index is -0.807. The van der Waals surface area contributed by atoms with Gasteiger partial charge in [0.2, 0.25) is 0 Å². The zero-order valence-corrected chi connectivity index (χ0v) is 21.8. The summed E-state index contributed by atoms with van der Waals surface area (Å²) in [5.74, 6) is 0.0933. The molecule has 3 aromatic carbocycles. The molecule has 0 saturated carbocycles. The van der Waals surface area contributed by atoms with Crippen molar-refractivity contribution >= 4 is 46.3 Å². The Balaban J connectivity index is 1.86. The number of methoxy groups -OCH3 is 1. The monoisotopic (exact) mass is 520 g/mol. The van der Waals surface area contributed by atoms with Crippen molar-refractivity contribution in [3.63, 3.8) is 0 Å². The highest BCUT2D eigenvalue weighted by atomic mass is 35.5. The van der Waals surface area contributed by atoms with E-state index in [0.29, 0.717) is 51.0 Å². The molecular weight excluding hydrogens is 495 g/mol. The van der Waals surface area contributed by atoms with Gasteiger partial charge in [-0.05, 0) is 48.2 Å². The fourth-order valence-electron chi connectivity index (χ4n) is 5.22. The zero-order valence-electron chi connectivity index (χ0n) is 20.3. The van der Waals surface area contributed by atoms with Crippen LogP contribution in [-0.2, 0) is 4.79 Å². The number of fused-ring (bicyclic) bond motifs is 1. The Labute approximate surface area is 220 Å². The van der Waals surface area contributed by atoms with Crippen LogP contribution in [0.4, 0.5) is 11.4 Å². The van der Waals surface area contributed by atoms with E-state index in [-0.39, 0.29) is 17.1 Å². The van der Waals surface area contributed by atoms with E-state index in [1.165, 1.54) is 7.11 Å². The molecule has 1 aliphatic heterocycles. The summed E-state index contributed by atoms with van der Waals surface area (Å²) in [5.41, 5.74) is 3.51. The maximum atomic E-state index is 14.2. The van der Waals surface area contributed by atoms with E-state index >= 15 is 0 Å². The van der Waals surface area contributed by atoms with Gasteiger partial charge in [-0.25, -0.2) is 0 Å². The number of hydrogen-bond acceptors (Lipinski definition) is 4. The number of hydrogen-bond donors (Lipinski definition) is 1. The molecule has 5 nitrogen and oxygen atoms in total. The fraction of sp³-hybridized carbons (Fsp3) is 0.241. The molecule has 0 spiro atoms. The second-order valence-electron chi connectivity index (χ2n) is 9.93. The minimum Gasteiger partial charge on any atom is -0.495 e. The van der Waals surface area contributed by atoms with Gasteiger partial charge in [0, 0.05) is 33.8 Å². The van der Waals surface area contributed by atoms with Crippen LogP contribution < -0.4 is 15.0 Å². The molecule has 0 aromatic heterocycles. The van der Waals surface area contributed by atoms with Crippen LogP contribution in [0, 0.1) is 5.41 Å². The highest BCUT2D eigenvalue weighted by Crippen LogP contribution is 2.51. The average Bonchev–Trinajstić information content (AvgIpc) is 2.97. The van der Waals surface area contributed by atoms with Crippen LogP contribution in [0.2, 0.25) is 10.0 Å². The summed E-state index contributed by atoms with van der Waals surface area (Å²) in [6.07, 6.45) is 0.993. The molecule has 0 radical (unpaired) electrons. The van der Waals surface area contributed by atoms with Gasteiger partial charge in [-0.2, -0.15) is 0 Å². The number of carbonyl (C=O) groups is 2. The van der Waals surface area contributed by atoms with Gasteiger partial charge >= 0.3 is 0 Å². The van der Waals surface area contributed by atoms with E-state index < -0.39 is 6.04 Å². The molecule has 7 heteroatoms. The molecule has 1 aliphatic carbocycles. The SMILES string of the molecule is COc1c(Cl)cc(Cl)cc1[C@@H]1C2=C(CC(C)(C)CC2=O)Nc2ccccc2N1C(=O)c1ccccc1. The lowest BCUT2D eigenvalue weighted by atomic mass is 9.73. The molecule has 3 aromatic rings. The Morgan fingerprint density at radius 2 is 1.72 bits per heavy atom. The quantitative estimate of drug-likeness (QED) is 0.389. The number of carbonyl (C=O) groups excluding carboxylic acids is 2. The van der Waals surface area contributed by atoms with Gasteiger partial charge in [-0.3, -0.25) is 14.5 Å². The van der Waals surface area contributed by atoms with Gasteiger partial charge in [0.25, 0.3) is 5.91 Å². The van der Waals surface area contributed by atoms with Crippen molar-refractivity contribution in [1.29, 1.82) is 0 Å². The third-order valence-corrected chi connectivity index (χ3v) is 7.18. The molecule has 0 fully saturated rings. The first-order valence-corrected chi connectivity index (χ1v) is 12.5. The van der Waals surface area contributed by atoms with E-state index in [2.05, 4.69) is 19.2 Å². The Bertz CT molecular complexity index is 1400. The van der Waals surface area contributed by atoms with Crippen molar-refractivity contribution in [1.82, 2.24) is 0 Å². The summed E-state index contributed by atoms with van der Waals surface area (Å²) in [6, 6.07) is 19.1. The lowest BCUT2D eigenvalue weighted by molar-refractivity contribution is -0.118. The maximum absolute atomic E-state index is 14.2. The topological polar surface area (TPSA) is 58.6 Å². The highest BCUT2D eigenvalue weighted by Gasteiger charge is 2.44. The van der Waals surface area contributed by atoms with Crippen molar-refractivity contribution in [2.24, 2.45) is 5.41 Å². The van der Waals surface area contributed by atoms with Crippen molar-refractivity contribution in [2.45, 2.75) is 32.7 Å². The molecule has 36 heavy (non-hydrogen) atoms. The number of amides is 1. The van der Waals surface area contributed by atoms with Gasteiger partial charge in [-0.1, -0.05) is 67.4 Å². The molecule has 0 bridgehead atoms. The first-order chi connectivity index (χ1) is 17.2. The van der Waals surface area contributed by atoms with Gasteiger partial charge in [0.05, 0.1) is 29.5 Å². The van der Waals surface area contributed by atoms with Crippen LogP contribution in [-0.4, -0.2) is 18.8 Å². The molecule has 2 aliphatic rings. The Hall–Kier alpha value is -3.28. The standard InChI is InChI=1S/C29H26Cl2N2O3/c1-29(2)15-22-25(24(34)16-29)26(19-13-18(30)14-20(31)27(19)36-3)33(23-12-8-7-11-21(23)32-22)28(35)17-9-5-4-6-10-17/h4-14,26,32H,15-16H2,1-3H3/t26-/m1/s1. The summed E-state index contributed by atoms with van der Waals surface area (Å²) in [5, 5.41) is 4.21. The predicted molar refractivity (Wildman–Crippen MR) is 144 cm³/mol. The van der Waals surface area contributed by atoms with Crippen LogP contribution in [0.25, 0.3) is 0 Å². The molecule has 5 rings (SSSR count). The van der Waals surface area contributed by atoms with E-state index in [9.17, 15) is 9.59 Å². The van der Waals surface area contributed by atoms with Crippen molar-refractivity contribution < 1.29 is 14.3 Å². The summed E-state index contributed by atoms with van der Waals surface area (Å²) in [6.45, 7) is 4.15. The minimum absolute atomic E-state index is 0.0319. The zero-order chi connectivity index (χ0) is 25.6. The number of anilines is 2. The number of halogens is 2. The van der Waals surface area contributed by atoms with Gasteiger partial charge in [0.1, 0.15) is 5.75 Å².